The zero-order valence-electron chi connectivity index (χ0n) is 14.6. The van der Waals surface area contributed by atoms with Crippen molar-refractivity contribution < 1.29 is 9.19 Å². The smallest absolute Gasteiger partial charge is 0.217 e. The number of hydrogen-bond acceptors (Lipinski definition) is 5. The van der Waals surface area contributed by atoms with Gasteiger partial charge in [-0.05, 0) is 35.5 Å². The lowest BCUT2D eigenvalue weighted by atomic mass is 10.0. The van der Waals surface area contributed by atoms with Crippen molar-refractivity contribution in [2.24, 2.45) is 0 Å². The molecular weight excluding hydrogens is 395 g/mol. The first kappa shape index (κ1) is 19.8. The summed E-state index contributed by atoms with van der Waals surface area (Å²) < 4.78 is 12.3. The van der Waals surface area contributed by atoms with Crippen LogP contribution in [0.3, 0.4) is 0 Å². The predicted octanol–water partition coefficient (Wildman–Crippen LogP) is 5.32. The molecule has 1 N–H and O–H groups in total. The van der Waals surface area contributed by atoms with Gasteiger partial charge in [-0.3, -0.25) is 4.39 Å². The number of benzene rings is 1. The highest BCUT2D eigenvalue weighted by Crippen LogP contribution is 2.35. The number of alkyl halides is 1. The van der Waals surface area contributed by atoms with E-state index < -0.39 is 15.7 Å². The lowest BCUT2D eigenvalue weighted by Gasteiger charge is -2.12. The van der Waals surface area contributed by atoms with Crippen molar-refractivity contribution >= 4 is 32.1 Å². The van der Waals surface area contributed by atoms with Crippen molar-refractivity contribution in [3.63, 3.8) is 0 Å². The molecule has 3 aromatic rings. The van der Waals surface area contributed by atoms with Crippen molar-refractivity contribution in [3.8, 4) is 27.8 Å². The van der Waals surface area contributed by atoms with Crippen LogP contribution in [-0.4, -0.2) is 30.9 Å². The van der Waals surface area contributed by atoms with Gasteiger partial charge in [-0.1, -0.05) is 36.4 Å². The molecule has 27 heavy (non-hydrogen) atoms. The van der Waals surface area contributed by atoms with Gasteiger partial charge in [0.2, 0.25) is 9.04 Å². The average Bonchev–Trinajstić information content (AvgIpc) is 3.25. The summed E-state index contributed by atoms with van der Waals surface area (Å²) in [5.41, 5.74) is 3.14. The highest BCUT2D eigenvalue weighted by Gasteiger charge is 2.18. The number of nitrogens with zero attached hydrogens (tertiary/aromatic N) is 2. The van der Waals surface area contributed by atoms with E-state index in [0.29, 0.717) is 28.4 Å². The molecule has 0 aliphatic rings. The molecule has 3 nitrogen and oxygen atoms in total. The van der Waals surface area contributed by atoms with Crippen molar-refractivity contribution in [1.82, 2.24) is 4.98 Å². The van der Waals surface area contributed by atoms with Crippen molar-refractivity contribution in [2.45, 2.75) is 17.5 Å². The molecule has 1 radical (unpaired) electrons. The minimum absolute atomic E-state index is 0.383. The molecule has 7 heteroatoms. The fourth-order valence-electron chi connectivity index (χ4n) is 2.62. The molecule has 0 saturated heterocycles. The van der Waals surface area contributed by atoms with Crippen LogP contribution in [0.15, 0.2) is 58.9 Å². The molecule has 0 atom stereocenters. The summed E-state index contributed by atoms with van der Waals surface area (Å²) >= 11 is 2.99. The molecule has 2 heterocycles. The van der Waals surface area contributed by atoms with Gasteiger partial charge in [-0.2, -0.15) is 5.26 Å². The van der Waals surface area contributed by atoms with Gasteiger partial charge >= 0.3 is 0 Å². The van der Waals surface area contributed by atoms with Gasteiger partial charge in [0.05, 0.1) is 22.8 Å². The van der Waals surface area contributed by atoms with Gasteiger partial charge in [0, 0.05) is 10.9 Å². The Hall–Kier alpha value is -1.98. The lowest BCUT2D eigenvalue weighted by molar-refractivity contribution is 0.476. The zero-order chi connectivity index (χ0) is 19.1. The first-order chi connectivity index (χ1) is 13.2. The maximum Gasteiger partial charge on any atom is 0.217 e. The fourth-order valence-corrected chi connectivity index (χ4v) is 6.11. The van der Waals surface area contributed by atoms with Crippen molar-refractivity contribution in [3.05, 3.63) is 59.5 Å². The zero-order valence-corrected chi connectivity index (χ0v) is 17.2. The number of pyridine rings is 1. The van der Waals surface area contributed by atoms with Crippen molar-refractivity contribution in [2.75, 3.05) is 12.1 Å². The minimum Gasteiger partial charge on any atom is -0.431 e. The Bertz CT molecular complexity index is 914. The summed E-state index contributed by atoms with van der Waals surface area (Å²) in [4.78, 5) is 15.9. The summed E-state index contributed by atoms with van der Waals surface area (Å²) in [6, 6.07) is 18.5. The van der Waals surface area contributed by atoms with Crippen LogP contribution in [0.5, 0.6) is 0 Å². The van der Waals surface area contributed by atoms with E-state index in [4.69, 9.17) is 4.98 Å². The van der Waals surface area contributed by atoms with Crippen molar-refractivity contribution in [1.29, 1.82) is 5.26 Å². The molecular formula is C20H18FN2OS2Si. The third kappa shape index (κ3) is 5.05. The number of thiophene rings is 1. The quantitative estimate of drug-likeness (QED) is 0.401. The Morgan fingerprint density at radius 2 is 2.04 bits per heavy atom. The second kappa shape index (κ2) is 9.81. The summed E-state index contributed by atoms with van der Waals surface area (Å²) in [6.45, 7) is -0.410. The molecule has 0 aliphatic heterocycles. The van der Waals surface area contributed by atoms with E-state index in [1.54, 1.807) is 11.3 Å². The third-order valence-corrected chi connectivity index (χ3v) is 8.23. The van der Waals surface area contributed by atoms with E-state index >= 15 is 0 Å². The first-order valence-electron chi connectivity index (χ1n) is 8.49. The fraction of sp³-hybridized carbons (Fsp3) is 0.200. The molecule has 0 fully saturated rings. The summed E-state index contributed by atoms with van der Waals surface area (Å²) in [5.74, 6) is 0. The molecule has 3 rings (SSSR count). The van der Waals surface area contributed by atoms with Gasteiger partial charge in [-0.25, -0.2) is 4.98 Å². The van der Waals surface area contributed by atoms with Gasteiger partial charge in [0.1, 0.15) is 11.1 Å². The molecule has 0 spiro atoms. The van der Waals surface area contributed by atoms with E-state index in [1.807, 2.05) is 53.9 Å². The normalized spacial score (nSPS) is 10.9. The molecule has 0 bridgehead atoms. The van der Waals surface area contributed by atoms with Crippen LogP contribution >= 0.6 is 23.1 Å². The van der Waals surface area contributed by atoms with Crippen LogP contribution in [0.25, 0.3) is 21.7 Å². The highest BCUT2D eigenvalue weighted by molar-refractivity contribution is 8.00. The van der Waals surface area contributed by atoms with E-state index in [0.717, 1.165) is 21.7 Å². The Morgan fingerprint density at radius 1 is 1.22 bits per heavy atom. The largest absolute Gasteiger partial charge is 0.431 e. The van der Waals surface area contributed by atoms with E-state index in [9.17, 15) is 14.4 Å². The average molecular weight is 414 g/mol. The molecule has 0 amide bonds. The van der Waals surface area contributed by atoms with E-state index in [2.05, 4.69) is 6.07 Å². The van der Waals surface area contributed by atoms with E-state index in [-0.39, 0.29) is 0 Å². The Balaban J connectivity index is 2.00. The number of hydrogen-bond donors (Lipinski definition) is 1. The molecule has 0 aliphatic carbocycles. The molecule has 0 unspecified atom stereocenters. The van der Waals surface area contributed by atoms with Crippen LogP contribution in [0.1, 0.15) is 12.0 Å². The maximum atomic E-state index is 12.3. The Kier molecular flexibility index (Phi) is 7.18. The maximum absolute atomic E-state index is 12.3. The second-order valence-electron chi connectivity index (χ2n) is 5.84. The minimum atomic E-state index is -1.64. The summed E-state index contributed by atoms with van der Waals surface area (Å²) in [6.07, 6.45) is 0.383. The number of rotatable bonds is 8. The summed E-state index contributed by atoms with van der Waals surface area (Å²) in [5, 5.41) is 12.9. The Morgan fingerprint density at radius 3 is 2.70 bits per heavy atom. The number of nitriles is 1. The number of aromatic nitrogens is 1. The standard InChI is InChI=1S/C20H18FN2OS2Si/c21-9-5-11-27(24)14-26-20-17(13-22)16(15-6-2-1-3-7-15)12-18(23-20)19-8-4-10-25-19/h1-4,6-8,10,12,24H,5,9,11,14H2. The third-order valence-electron chi connectivity index (χ3n) is 3.93. The molecule has 137 valence electrons. The topological polar surface area (TPSA) is 56.9 Å². The van der Waals surface area contributed by atoms with Crippen LogP contribution in [0.2, 0.25) is 6.04 Å². The van der Waals surface area contributed by atoms with Gasteiger partial charge in [-0.15, -0.1) is 23.1 Å². The van der Waals surface area contributed by atoms with Crippen LogP contribution in [0.4, 0.5) is 4.39 Å². The van der Waals surface area contributed by atoms with Crippen LogP contribution < -0.4 is 0 Å². The second-order valence-corrected chi connectivity index (χ2v) is 10.2. The highest BCUT2D eigenvalue weighted by atomic mass is 32.2. The number of thioether (sulfide) groups is 1. The molecule has 1 aromatic carbocycles. The van der Waals surface area contributed by atoms with E-state index in [1.165, 1.54) is 11.8 Å². The van der Waals surface area contributed by atoms with Gasteiger partial charge < -0.3 is 4.80 Å². The predicted molar refractivity (Wildman–Crippen MR) is 112 cm³/mol. The molecule has 0 saturated carbocycles. The lowest BCUT2D eigenvalue weighted by Crippen LogP contribution is -2.16. The van der Waals surface area contributed by atoms with Gasteiger partial charge in [0.25, 0.3) is 0 Å². The Labute approximate surface area is 168 Å². The van der Waals surface area contributed by atoms with Crippen LogP contribution in [-0.2, 0) is 0 Å². The SMILES string of the molecule is N#Cc1c(-c2ccccc2)cc(-c2cccs2)nc1SC[Si](O)CCCF. The monoisotopic (exact) mass is 413 g/mol. The van der Waals surface area contributed by atoms with Crippen LogP contribution in [0, 0.1) is 11.3 Å². The molecule has 2 aromatic heterocycles. The first-order valence-corrected chi connectivity index (χ1v) is 12.2. The summed E-state index contributed by atoms with van der Waals surface area (Å²) in [7, 11) is -1.64. The van der Waals surface area contributed by atoms with Gasteiger partial charge in [0.15, 0.2) is 0 Å². The number of halogens is 1.